The lowest BCUT2D eigenvalue weighted by molar-refractivity contribution is 0.431. The molecule has 0 aliphatic carbocycles. The van der Waals surface area contributed by atoms with Crippen molar-refractivity contribution >= 4 is 0 Å². The summed E-state index contributed by atoms with van der Waals surface area (Å²) in [5.41, 5.74) is -6.74. The summed E-state index contributed by atoms with van der Waals surface area (Å²) >= 11 is 0. The van der Waals surface area contributed by atoms with Crippen molar-refractivity contribution in [1.82, 2.24) is 0 Å². The molecule has 0 aliphatic rings. The van der Waals surface area contributed by atoms with Crippen molar-refractivity contribution < 1.29 is 35.1 Å². The molecule has 0 aliphatic heterocycles. The van der Waals surface area contributed by atoms with Crippen LogP contribution in [0.2, 0.25) is 0 Å². The third-order valence-electron chi connectivity index (χ3n) is 3.47. The highest BCUT2D eigenvalue weighted by Gasteiger charge is 2.33. The fourth-order valence-electron chi connectivity index (χ4n) is 2.26. The Labute approximate surface area is 140 Å². The highest BCUT2D eigenvalue weighted by Crippen LogP contribution is 2.38. The molecule has 0 saturated carbocycles. The molecule has 0 saturated heterocycles. The average molecular weight is 376 g/mol. The predicted molar refractivity (Wildman–Crippen MR) is 70.2 cm³/mol. The molecule has 2 rings (SSSR count). The van der Waals surface area contributed by atoms with E-state index in [1.165, 1.54) is 12.1 Å². The second-order valence-electron chi connectivity index (χ2n) is 4.89. The van der Waals surface area contributed by atoms with Crippen LogP contribution in [0.3, 0.4) is 0 Å². The van der Waals surface area contributed by atoms with Crippen molar-refractivity contribution in [2.24, 2.45) is 0 Å². The standard InChI is InChI=1S/C16H4F8N2/c17-9-5(1-3-25)10(18)14(22)7(13(9)21)8-15(23)11(19)6(2-4-26)12(20)16(8)24/h1-2H2. The molecule has 0 amide bonds. The van der Waals surface area contributed by atoms with Crippen molar-refractivity contribution in [2.75, 3.05) is 0 Å². The Morgan fingerprint density at radius 3 is 0.885 bits per heavy atom. The summed E-state index contributed by atoms with van der Waals surface area (Å²) in [7, 11) is 0. The van der Waals surface area contributed by atoms with Gasteiger partial charge in [-0.25, -0.2) is 35.1 Å². The molecule has 0 atom stereocenters. The van der Waals surface area contributed by atoms with E-state index < -0.39 is 81.6 Å². The van der Waals surface area contributed by atoms with Gasteiger partial charge in [0.25, 0.3) is 0 Å². The van der Waals surface area contributed by atoms with Crippen molar-refractivity contribution in [3.63, 3.8) is 0 Å². The van der Waals surface area contributed by atoms with Gasteiger partial charge in [0, 0.05) is 11.1 Å². The van der Waals surface area contributed by atoms with Crippen LogP contribution in [0.5, 0.6) is 0 Å². The lowest BCUT2D eigenvalue weighted by Crippen LogP contribution is -2.11. The van der Waals surface area contributed by atoms with Crippen LogP contribution in [0.15, 0.2) is 0 Å². The van der Waals surface area contributed by atoms with Gasteiger partial charge in [0.2, 0.25) is 0 Å². The molecule has 0 N–H and O–H groups in total. The van der Waals surface area contributed by atoms with Crippen molar-refractivity contribution in [3.8, 4) is 23.3 Å². The second-order valence-corrected chi connectivity index (χ2v) is 4.89. The fourth-order valence-corrected chi connectivity index (χ4v) is 2.26. The maximum atomic E-state index is 14.1. The molecular formula is C16H4F8N2. The number of hydrogen-bond acceptors (Lipinski definition) is 2. The number of nitriles is 2. The van der Waals surface area contributed by atoms with E-state index in [-0.39, 0.29) is 0 Å². The SMILES string of the molecule is N#CCc1c(F)c(F)c(-c2c(F)c(F)c(CC#N)c(F)c2F)c(F)c1F. The first kappa shape index (κ1) is 19.2. The summed E-state index contributed by atoms with van der Waals surface area (Å²) < 4.78 is 112. The molecule has 0 unspecified atom stereocenters. The zero-order chi connectivity index (χ0) is 19.8. The van der Waals surface area contributed by atoms with Gasteiger partial charge in [0.15, 0.2) is 46.5 Å². The van der Waals surface area contributed by atoms with Gasteiger partial charge in [-0.3, -0.25) is 0 Å². The lowest BCUT2D eigenvalue weighted by atomic mass is 9.96. The Hall–Kier alpha value is -3.14. The van der Waals surface area contributed by atoms with Crippen LogP contribution in [0, 0.1) is 69.2 Å². The topological polar surface area (TPSA) is 47.6 Å². The highest BCUT2D eigenvalue weighted by atomic mass is 19.2. The molecule has 0 aromatic heterocycles. The summed E-state index contributed by atoms with van der Waals surface area (Å²) in [6, 6.07) is 2.46. The van der Waals surface area contributed by atoms with E-state index in [0.29, 0.717) is 0 Å². The van der Waals surface area contributed by atoms with Crippen molar-refractivity contribution in [2.45, 2.75) is 12.8 Å². The molecule has 0 fully saturated rings. The molecule has 0 spiro atoms. The highest BCUT2D eigenvalue weighted by molar-refractivity contribution is 5.68. The van der Waals surface area contributed by atoms with Gasteiger partial charge in [-0.05, 0) is 0 Å². The number of rotatable bonds is 3. The molecule has 2 nitrogen and oxygen atoms in total. The number of benzene rings is 2. The van der Waals surface area contributed by atoms with Gasteiger partial charge in [0.05, 0.1) is 36.1 Å². The zero-order valence-electron chi connectivity index (χ0n) is 12.3. The van der Waals surface area contributed by atoms with Crippen molar-refractivity contribution in [1.29, 1.82) is 10.5 Å². The van der Waals surface area contributed by atoms with E-state index in [4.69, 9.17) is 10.5 Å². The van der Waals surface area contributed by atoms with Crippen LogP contribution < -0.4 is 0 Å². The predicted octanol–water partition coefficient (Wildman–Crippen LogP) is 4.60. The molecule has 10 heteroatoms. The summed E-state index contributed by atoms with van der Waals surface area (Å²) in [5, 5.41) is 16.8. The summed E-state index contributed by atoms with van der Waals surface area (Å²) in [4.78, 5) is 0. The van der Waals surface area contributed by atoms with Crippen molar-refractivity contribution in [3.05, 3.63) is 57.7 Å². The number of nitrogens with zero attached hydrogens (tertiary/aromatic N) is 2. The van der Waals surface area contributed by atoms with Crippen LogP contribution in [0.1, 0.15) is 11.1 Å². The van der Waals surface area contributed by atoms with Gasteiger partial charge >= 0.3 is 0 Å². The van der Waals surface area contributed by atoms with Crippen LogP contribution in [-0.4, -0.2) is 0 Å². The molecule has 0 radical (unpaired) electrons. The van der Waals surface area contributed by atoms with Gasteiger partial charge in [-0.15, -0.1) is 0 Å². The van der Waals surface area contributed by atoms with E-state index in [1.54, 1.807) is 0 Å². The van der Waals surface area contributed by atoms with E-state index in [1.807, 2.05) is 0 Å². The summed E-state index contributed by atoms with van der Waals surface area (Å²) in [5.74, 6) is -17.9. The first-order chi connectivity index (χ1) is 12.2. The van der Waals surface area contributed by atoms with Gasteiger partial charge < -0.3 is 0 Å². The molecule has 134 valence electrons. The fraction of sp³-hybridized carbons (Fsp3) is 0.125. The number of hydrogen-bond donors (Lipinski definition) is 0. The van der Waals surface area contributed by atoms with Gasteiger partial charge in [-0.1, -0.05) is 0 Å². The molecule has 26 heavy (non-hydrogen) atoms. The Kier molecular flexibility index (Phi) is 5.17. The Morgan fingerprint density at radius 1 is 0.462 bits per heavy atom. The smallest absolute Gasteiger partial charge is 0.170 e. The largest absolute Gasteiger partial charge is 0.203 e. The first-order valence-corrected chi connectivity index (χ1v) is 6.62. The van der Waals surface area contributed by atoms with E-state index in [0.717, 1.165) is 0 Å². The normalized spacial score (nSPS) is 10.5. The molecular weight excluding hydrogens is 372 g/mol. The first-order valence-electron chi connectivity index (χ1n) is 6.62. The van der Waals surface area contributed by atoms with Crippen LogP contribution in [0.25, 0.3) is 11.1 Å². The third-order valence-corrected chi connectivity index (χ3v) is 3.47. The van der Waals surface area contributed by atoms with Crippen LogP contribution in [0.4, 0.5) is 35.1 Å². The van der Waals surface area contributed by atoms with Gasteiger partial charge in [-0.2, -0.15) is 10.5 Å². The van der Waals surface area contributed by atoms with Gasteiger partial charge in [0.1, 0.15) is 0 Å². The summed E-state index contributed by atoms with van der Waals surface area (Å²) in [6.07, 6.45) is -2.22. The van der Waals surface area contributed by atoms with E-state index in [9.17, 15) is 35.1 Å². The minimum atomic E-state index is -2.33. The average Bonchev–Trinajstić information content (AvgIpc) is 2.62. The minimum absolute atomic E-state index is 1.11. The summed E-state index contributed by atoms with van der Waals surface area (Å²) in [6.45, 7) is 0. The maximum absolute atomic E-state index is 14.1. The minimum Gasteiger partial charge on any atom is -0.203 e. The van der Waals surface area contributed by atoms with E-state index >= 15 is 0 Å². The maximum Gasteiger partial charge on any atom is 0.170 e. The van der Waals surface area contributed by atoms with Crippen LogP contribution >= 0.6 is 0 Å². The molecule has 0 bridgehead atoms. The molecule has 0 heterocycles. The Bertz CT molecular complexity index is 862. The Balaban J connectivity index is 2.96. The second kappa shape index (κ2) is 7.00. The zero-order valence-corrected chi connectivity index (χ0v) is 12.3. The van der Waals surface area contributed by atoms with Crippen LogP contribution in [-0.2, 0) is 12.8 Å². The quantitative estimate of drug-likeness (QED) is 0.581. The Morgan fingerprint density at radius 2 is 0.692 bits per heavy atom. The lowest BCUT2D eigenvalue weighted by Gasteiger charge is -2.14. The monoisotopic (exact) mass is 376 g/mol. The van der Waals surface area contributed by atoms with E-state index in [2.05, 4.69) is 0 Å². The molecule has 2 aromatic carbocycles. The third kappa shape index (κ3) is 2.73. The number of halogens is 8. The molecule has 2 aromatic rings.